The second-order valence-electron chi connectivity index (χ2n) is 2.91. The van der Waals surface area contributed by atoms with Crippen molar-refractivity contribution in [2.45, 2.75) is 12.4 Å². The monoisotopic (exact) mass is 223 g/mol. The third-order valence-corrected chi connectivity index (χ3v) is 1.72. The van der Waals surface area contributed by atoms with Crippen molar-refractivity contribution in [1.29, 1.82) is 0 Å². The number of nitrogens with two attached hydrogens (primary N) is 1. The first-order valence-corrected chi connectivity index (χ1v) is 4.10. The largest absolute Gasteiger partial charge is 0.522 e. The van der Waals surface area contributed by atoms with Crippen molar-refractivity contribution in [2.75, 3.05) is 6.61 Å². The van der Waals surface area contributed by atoms with Crippen LogP contribution in [0.25, 0.3) is 0 Å². The van der Waals surface area contributed by atoms with Crippen molar-refractivity contribution >= 4 is 0 Å². The molecule has 0 saturated heterocycles. The first-order valence-electron chi connectivity index (χ1n) is 4.10. The maximum absolute atomic E-state index is 12.5. The summed E-state index contributed by atoms with van der Waals surface area (Å²) < 4.78 is 51.0. The molecule has 2 nitrogen and oxygen atoms in total. The quantitative estimate of drug-likeness (QED) is 0.798. The van der Waals surface area contributed by atoms with Gasteiger partial charge >= 0.3 is 6.36 Å². The summed E-state index contributed by atoms with van der Waals surface area (Å²) in [5, 5.41) is 0. The molecular weight excluding hydrogens is 214 g/mol. The zero-order valence-electron chi connectivity index (χ0n) is 7.59. The standard InChI is InChI=1S/C9H9F4NO/c10-7-3-1-6(2-4-7)8(14)5-15-9(11,12)13/h1-4,8H,5,14H2/t8-/m1/s1. The second-order valence-corrected chi connectivity index (χ2v) is 2.91. The molecule has 0 aliphatic rings. The highest BCUT2D eigenvalue weighted by Gasteiger charge is 2.29. The van der Waals surface area contributed by atoms with Gasteiger partial charge in [0, 0.05) is 0 Å². The summed E-state index contributed by atoms with van der Waals surface area (Å²) in [4.78, 5) is 0. The van der Waals surface area contributed by atoms with Crippen LogP contribution in [0.5, 0.6) is 0 Å². The lowest BCUT2D eigenvalue weighted by atomic mass is 10.1. The molecule has 1 atom stereocenters. The fourth-order valence-electron chi connectivity index (χ4n) is 0.990. The molecule has 0 bridgehead atoms. The lowest BCUT2D eigenvalue weighted by molar-refractivity contribution is -0.326. The van der Waals surface area contributed by atoms with Crippen LogP contribution in [0.15, 0.2) is 24.3 Å². The van der Waals surface area contributed by atoms with E-state index >= 15 is 0 Å². The van der Waals surface area contributed by atoms with Gasteiger partial charge in [0.05, 0.1) is 12.6 Å². The molecule has 0 heterocycles. The predicted octanol–water partition coefficient (Wildman–Crippen LogP) is 2.36. The molecule has 0 aliphatic heterocycles. The molecule has 1 aromatic carbocycles. The highest BCUT2D eigenvalue weighted by Crippen LogP contribution is 2.19. The molecule has 0 fully saturated rings. The SMILES string of the molecule is N[C@H](COC(F)(F)F)c1ccc(F)cc1. The Morgan fingerprint density at radius 3 is 2.20 bits per heavy atom. The van der Waals surface area contributed by atoms with Crippen molar-refractivity contribution in [3.8, 4) is 0 Å². The Hall–Kier alpha value is -1.14. The lowest BCUT2D eigenvalue weighted by Crippen LogP contribution is -2.23. The number of halogens is 4. The van der Waals surface area contributed by atoms with Gasteiger partial charge in [0.1, 0.15) is 5.82 Å². The molecule has 1 rings (SSSR count). The minimum Gasteiger partial charge on any atom is -0.322 e. The molecule has 0 spiro atoms. The van der Waals surface area contributed by atoms with Gasteiger partial charge < -0.3 is 5.73 Å². The third kappa shape index (κ3) is 4.26. The topological polar surface area (TPSA) is 35.2 Å². The number of hydrogen-bond acceptors (Lipinski definition) is 2. The van der Waals surface area contributed by atoms with E-state index < -0.39 is 24.8 Å². The molecule has 84 valence electrons. The molecular formula is C9H9F4NO. The van der Waals surface area contributed by atoms with Crippen LogP contribution >= 0.6 is 0 Å². The van der Waals surface area contributed by atoms with E-state index in [1.165, 1.54) is 12.1 Å². The molecule has 0 aromatic heterocycles. The van der Waals surface area contributed by atoms with Crippen LogP contribution in [0.4, 0.5) is 17.6 Å². The van der Waals surface area contributed by atoms with Crippen LogP contribution in [0, 0.1) is 5.82 Å². The summed E-state index contributed by atoms with van der Waals surface area (Å²) in [6, 6.07) is 3.97. The molecule has 0 saturated carbocycles. The second kappa shape index (κ2) is 4.59. The van der Waals surface area contributed by atoms with E-state index in [0.717, 1.165) is 12.1 Å². The fraction of sp³-hybridized carbons (Fsp3) is 0.333. The van der Waals surface area contributed by atoms with E-state index in [-0.39, 0.29) is 0 Å². The molecule has 1 aromatic rings. The number of rotatable bonds is 3. The van der Waals surface area contributed by atoms with E-state index in [1.807, 2.05) is 0 Å². The summed E-state index contributed by atoms with van der Waals surface area (Å²) in [6.45, 7) is -0.685. The first kappa shape index (κ1) is 11.9. The van der Waals surface area contributed by atoms with E-state index in [4.69, 9.17) is 5.73 Å². The van der Waals surface area contributed by atoms with Gasteiger partial charge in [-0.25, -0.2) is 4.39 Å². The van der Waals surface area contributed by atoms with Crippen molar-refractivity contribution in [2.24, 2.45) is 5.73 Å². The zero-order valence-corrected chi connectivity index (χ0v) is 7.59. The molecule has 0 aliphatic carbocycles. The van der Waals surface area contributed by atoms with E-state index in [9.17, 15) is 17.6 Å². The summed E-state index contributed by atoms with van der Waals surface area (Å²) in [7, 11) is 0. The average molecular weight is 223 g/mol. The molecule has 0 unspecified atom stereocenters. The van der Waals surface area contributed by atoms with Gasteiger partial charge in [-0.1, -0.05) is 12.1 Å². The number of benzene rings is 1. The van der Waals surface area contributed by atoms with Gasteiger partial charge in [-0.15, -0.1) is 13.2 Å². The Morgan fingerprint density at radius 1 is 1.20 bits per heavy atom. The van der Waals surface area contributed by atoms with Crippen molar-refractivity contribution < 1.29 is 22.3 Å². The van der Waals surface area contributed by atoms with E-state index in [0.29, 0.717) is 5.56 Å². The van der Waals surface area contributed by atoms with Crippen molar-refractivity contribution in [1.82, 2.24) is 0 Å². The smallest absolute Gasteiger partial charge is 0.322 e. The Kier molecular flexibility index (Phi) is 3.65. The van der Waals surface area contributed by atoms with Crippen LogP contribution in [-0.4, -0.2) is 13.0 Å². The minimum absolute atomic E-state index is 0.389. The average Bonchev–Trinajstić information content (AvgIpc) is 2.14. The summed E-state index contributed by atoms with van der Waals surface area (Å²) in [6.07, 6.45) is -4.70. The van der Waals surface area contributed by atoms with Gasteiger partial charge in [-0.2, -0.15) is 0 Å². The summed E-state index contributed by atoms with van der Waals surface area (Å²) in [5.41, 5.74) is 5.79. The number of alkyl halides is 3. The normalized spacial score (nSPS) is 13.9. The van der Waals surface area contributed by atoms with Crippen LogP contribution in [0.1, 0.15) is 11.6 Å². The maximum Gasteiger partial charge on any atom is 0.522 e. The Balaban J connectivity index is 2.54. The van der Waals surface area contributed by atoms with E-state index in [1.54, 1.807) is 0 Å². The van der Waals surface area contributed by atoms with E-state index in [2.05, 4.69) is 4.74 Å². The molecule has 6 heteroatoms. The summed E-state index contributed by atoms with van der Waals surface area (Å²) >= 11 is 0. The molecule has 2 N–H and O–H groups in total. The van der Waals surface area contributed by atoms with Gasteiger partial charge in [0.2, 0.25) is 0 Å². The van der Waals surface area contributed by atoms with Crippen LogP contribution in [-0.2, 0) is 4.74 Å². The number of ether oxygens (including phenoxy) is 1. The van der Waals surface area contributed by atoms with Crippen LogP contribution in [0.3, 0.4) is 0 Å². The first-order chi connectivity index (χ1) is 6.88. The zero-order chi connectivity index (χ0) is 11.5. The van der Waals surface area contributed by atoms with Crippen molar-refractivity contribution in [3.05, 3.63) is 35.6 Å². The fourth-order valence-corrected chi connectivity index (χ4v) is 0.990. The molecule has 0 amide bonds. The van der Waals surface area contributed by atoms with Crippen molar-refractivity contribution in [3.63, 3.8) is 0 Å². The highest BCUT2D eigenvalue weighted by molar-refractivity contribution is 5.19. The van der Waals surface area contributed by atoms with Gasteiger partial charge in [0.15, 0.2) is 0 Å². The third-order valence-electron chi connectivity index (χ3n) is 1.72. The van der Waals surface area contributed by atoms with Crippen LogP contribution < -0.4 is 5.73 Å². The molecule has 15 heavy (non-hydrogen) atoms. The lowest BCUT2D eigenvalue weighted by Gasteiger charge is -2.13. The van der Waals surface area contributed by atoms with Gasteiger partial charge in [0.25, 0.3) is 0 Å². The highest BCUT2D eigenvalue weighted by atomic mass is 19.4. The van der Waals surface area contributed by atoms with Gasteiger partial charge in [-0.05, 0) is 17.7 Å². The van der Waals surface area contributed by atoms with Gasteiger partial charge in [-0.3, -0.25) is 4.74 Å². The number of hydrogen-bond donors (Lipinski definition) is 1. The predicted molar refractivity (Wildman–Crippen MR) is 45.3 cm³/mol. The molecule has 0 radical (unpaired) electrons. The summed E-state index contributed by atoms with van der Waals surface area (Å²) in [5.74, 6) is -0.470. The maximum atomic E-state index is 12.5. The minimum atomic E-state index is -4.70. The van der Waals surface area contributed by atoms with Crippen LogP contribution in [0.2, 0.25) is 0 Å². The Morgan fingerprint density at radius 2 is 1.73 bits per heavy atom. The Bertz CT molecular complexity index is 309. The Labute approximate surface area is 83.6 Å².